The summed E-state index contributed by atoms with van der Waals surface area (Å²) in [7, 11) is -0.984. The lowest BCUT2D eigenvalue weighted by atomic mass is 10.1. The molecule has 1 atom stereocenters. The van der Waals surface area contributed by atoms with Gasteiger partial charge in [-0.05, 0) is 37.3 Å². The zero-order valence-corrected chi connectivity index (χ0v) is 15.6. The Morgan fingerprint density at radius 2 is 2.00 bits per heavy atom. The summed E-state index contributed by atoms with van der Waals surface area (Å²) in [5.41, 5.74) is 3.90. The van der Waals surface area contributed by atoms with Gasteiger partial charge in [0.2, 0.25) is 0 Å². The first-order valence-electron chi connectivity index (χ1n) is 8.11. The van der Waals surface area contributed by atoms with Crippen LogP contribution in [-0.2, 0) is 22.3 Å². The molecular weight excluding hydrogens is 370 g/mol. The summed E-state index contributed by atoms with van der Waals surface area (Å²) in [5.74, 6) is 1.12. The summed E-state index contributed by atoms with van der Waals surface area (Å²) in [4.78, 5) is 12.7. The largest absolute Gasteiger partial charge is 0.306 e. The van der Waals surface area contributed by atoms with Crippen LogP contribution in [0, 0.1) is 6.92 Å². The van der Waals surface area contributed by atoms with Gasteiger partial charge in [-0.25, -0.2) is 4.68 Å². The maximum Gasteiger partial charge on any atom is 0.256 e. The van der Waals surface area contributed by atoms with Crippen molar-refractivity contribution in [3.8, 4) is 5.69 Å². The molecule has 1 aliphatic heterocycles. The highest BCUT2D eigenvalue weighted by Crippen LogP contribution is 2.32. The van der Waals surface area contributed by atoms with E-state index in [1.165, 1.54) is 0 Å². The Morgan fingerprint density at radius 3 is 2.77 bits per heavy atom. The zero-order chi connectivity index (χ0) is 18.3. The lowest BCUT2D eigenvalue weighted by molar-refractivity contribution is 0.102. The molecule has 2 heterocycles. The fourth-order valence-electron chi connectivity index (χ4n) is 3.02. The van der Waals surface area contributed by atoms with Crippen LogP contribution in [0.5, 0.6) is 0 Å². The maximum atomic E-state index is 12.7. The fraction of sp³-hybridized carbons (Fsp3) is 0.158. The molecule has 0 bridgehead atoms. The summed E-state index contributed by atoms with van der Waals surface area (Å²) in [6, 6.07) is 14.6. The number of benzene rings is 2. The average molecular weight is 386 g/mol. The predicted octanol–water partition coefficient (Wildman–Crippen LogP) is 3.85. The molecule has 5 nitrogen and oxygen atoms in total. The first-order valence-corrected chi connectivity index (χ1v) is 9.97. The Kier molecular flexibility index (Phi) is 4.38. The molecule has 0 aliphatic carbocycles. The van der Waals surface area contributed by atoms with E-state index in [-0.39, 0.29) is 5.91 Å². The lowest BCUT2D eigenvalue weighted by Crippen LogP contribution is -2.16. The molecule has 1 aromatic heterocycles. The monoisotopic (exact) mass is 385 g/mol. The number of halogens is 1. The van der Waals surface area contributed by atoms with Gasteiger partial charge in [-0.15, -0.1) is 0 Å². The molecule has 2 aromatic carbocycles. The second kappa shape index (κ2) is 6.70. The number of aryl methyl sites for hydroxylation is 1. The van der Waals surface area contributed by atoms with Gasteiger partial charge in [-0.2, -0.15) is 5.10 Å². The van der Waals surface area contributed by atoms with E-state index < -0.39 is 10.8 Å². The summed E-state index contributed by atoms with van der Waals surface area (Å²) in [5, 5.41) is 8.11. The Hall–Kier alpha value is -2.44. The van der Waals surface area contributed by atoms with Crippen LogP contribution >= 0.6 is 11.6 Å². The first kappa shape index (κ1) is 17.0. The number of nitrogens with zero attached hydrogens (tertiary/aromatic N) is 2. The molecular formula is C19H16ClN3O2S. The number of aromatic nitrogens is 2. The number of fused-ring (bicyclic) bond motifs is 1. The Bertz CT molecular complexity index is 1050. The summed E-state index contributed by atoms with van der Waals surface area (Å²) < 4.78 is 13.6. The van der Waals surface area contributed by atoms with Crippen molar-refractivity contribution in [2.24, 2.45) is 0 Å². The van der Waals surface area contributed by atoms with Gasteiger partial charge in [0.25, 0.3) is 5.91 Å². The van der Waals surface area contributed by atoms with Gasteiger partial charge < -0.3 is 5.32 Å². The molecule has 1 N–H and O–H groups in total. The van der Waals surface area contributed by atoms with Crippen molar-refractivity contribution in [1.29, 1.82) is 0 Å². The minimum atomic E-state index is -0.984. The number of hydrogen-bond donors (Lipinski definition) is 1. The van der Waals surface area contributed by atoms with E-state index in [0.29, 0.717) is 27.9 Å². The smallest absolute Gasteiger partial charge is 0.256 e. The molecule has 26 heavy (non-hydrogen) atoms. The number of carbonyl (C=O) groups is 1. The minimum absolute atomic E-state index is 0.225. The van der Waals surface area contributed by atoms with Gasteiger partial charge in [0, 0.05) is 26.9 Å². The SMILES string of the molecule is Cc1cccc(C(=O)Nc2c3c(nn2-c2cccc(Cl)c2)C[S@](=O)C3)c1. The average Bonchev–Trinajstić information content (AvgIpc) is 3.12. The molecule has 3 aromatic rings. The number of amides is 1. The van der Waals surface area contributed by atoms with Crippen LogP contribution in [0.1, 0.15) is 27.2 Å². The van der Waals surface area contributed by atoms with E-state index in [0.717, 1.165) is 22.5 Å². The Balaban J connectivity index is 1.77. The number of hydrogen-bond acceptors (Lipinski definition) is 3. The molecule has 0 saturated heterocycles. The maximum absolute atomic E-state index is 12.7. The molecule has 0 unspecified atom stereocenters. The molecule has 4 rings (SSSR count). The van der Waals surface area contributed by atoms with Crippen LogP contribution in [0.15, 0.2) is 48.5 Å². The van der Waals surface area contributed by atoms with Crippen LogP contribution in [-0.4, -0.2) is 19.9 Å². The molecule has 0 fully saturated rings. The molecule has 0 saturated carbocycles. The highest BCUT2D eigenvalue weighted by molar-refractivity contribution is 7.83. The third-order valence-corrected chi connectivity index (χ3v) is 5.68. The van der Waals surface area contributed by atoms with Crippen molar-refractivity contribution in [1.82, 2.24) is 9.78 Å². The normalized spacial score (nSPS) is 15.7. The molecule has 1 aliphatic rings. The number of rotatable bonds is 3. The molecule has 1 amide bonds. The highest BCUT2D eigenvalue weighted by atomic mass is 35.5. The van der Waals surface area contributed by atoms with Crippen molar-refractivity contribution in [3.63, 3.8) is 0 Å². The van der Waals surface area contributed by atoms with Crippen molar-refractivity contribution in [3.05, 3.63) is 75.9 Å². The van der Waals surface area contributed by atoms with Gasteiger partial charge in [0.1, 0.15) is 5.82 Å². The summed E-state index contributed by atoms with van der Waals surface area (Å²) in [6.45, 7) is 1.94. The van der Waals surface area contributed by atoms with Gasteiger partial charge >= 0.3 is 0 Å². The van der Waals surface area contributed by atoms with Crippen LogP contribution in [0.25, 0.3) is 5.69 Å². The van der Waals surface area contributed by atoms with Crippen molar-refractivity contribution < 1.29 is 9.00 Å². The second-order valence-corrected chi connectivity index (χ2v) is 8.11. The van der Waals surface area contributed by atoms with Crippen LogP contribution in [0.2, 0.25) is 5.02 Å². The van der Waals surface area contributed by atoms with Crippen molar-refractivity contribution >= 4 is 34.1 Å². The quantitative estimate of drug-likeness (QED) is 0.744. The van der Waals surface area contributed by atoms with E-state index in [1.54, 1.807) is 22.9 Å². The fourth-order valence-corrected chi connectivity index (χ4v) is 4.47. The van der Waals surface area contributed by atoms with E-state index in [2.05, 4.69) is 10.4 Å². The summed E-state index contributed by atoms with van der Waals surface area (Å²) >= 11 is 6.11. The second-order valence-electron chi connectivity index (χ2n) is 6.22. The number of anilines is 1. The van der Waals surface area contributed by atoms with Crippen molar-refractivity contribution in [2.75, 3.05) is 5.32 Å². The van der Waals surface area contributed by atoms with Gasteiger partial charge in [-0.1, -0.05) is 35.4 Å². The zero-order valence-electron chi connectivity index (χ0n) is 14.0. The van der Waals surface area contributed by atoms with Crippen LogP contribution < -0.4 is 5.32 Å². The van der Waals surface area contributed by atoms with Gasteiger partial charge in [-0.3, -0.25) is 9.00 Å². The van der Waals surface area contributed by atoms with Gasteiger partial charge in [0.15, 0.2) is 0 Å². The van der Waals surface area contributed by atoms with Crippen LogP contribution in [0.3, 0.4) is 0 Å². The van der Waals surface area contributed by atoms with E-state index >= 15 is 0 Å². The molecule has 7 heteroatoms. The van der Waals surface area contributed by atoms with Crippen LogP contribution in [0.4, 0.5) is 5.82 Å². The number of nitrogens with one attached hydrogen (secondary N) is 1. The first-order chi connectivity index (χ1) is 12.5. The Morgan fingerprint density at radius 1 is 1.19 bits per heavy atom. The van der Waals surface area contributed by atoms with E-state index in [4.69, 9.17) is 11.6 Å². The van der Waals surface area contributed by atoms with E-state index in [9.17, 15) is 9.00 Å². The Labute approximate surface area is 158 Å². The third-order valence-electron chi connectivity index (χ3n) is 4.23. The molecule has 132 valence electrons. The van der Waals surface area contributed by atoms with Crippen molar-refractivity contribution in [2.45, 2.75) is 18.4 Å². The lowest BCUT2D eigenvalue weighted by Gasteiger charge is -2.11. The predicted molar refractivity (Wildman–Crippen MR) is 103 cm³/mol. The van der Waals surface area contributed by atoms with Gasteiger partial charge in [0.05, 0.1) is 22.9 Å². The topological polar surface area (TPSA) is 64.0 Å². The van der Waals surface area contributed by atoms with E-state index in [1.807, 2.05) is 37.3 Å². The molecule has 0 spiro atoms. The highest BCUT2D eigenvalue weighted by Gasteiger charge is 2.28. The minimum Gasteiger partial charge on any atom is -0.306 e. The summed E-state index contributed by atoms with van der Waals surface area (Å²) in [6.07, 6.45) is 0. The standard InChI is InChI=1S/C19H16ClN3O2S/c1-12-4-2-5-13(8-12)19(24)21-18-16-10-26(25)11-17(16)22-23(18)15-7-3-6-14(20)9-15/h2-9H,10-11H2,1H3,(H,21,24)/t26-/m1/s1. The third kappa shape index (κ3) is 3.18. The number of carbonyl (C=O) groups excluding carboxylic acids is 1. The molecule has 0 radical (unpaired) electrons.